The van der Waals surface area contributed by atoms with Gasteiger partial charge >= 0.3 is 0 Å². The number of hydrogen-bond donors (Lipinski definition) is 1. The smallest absolute Gasteiger partial charge is 0.255 e. The van der Waals surface area contributed by atoms with Crippen LogP contribution in [0, 0.1) is 0 Å². The summed E-state index contributed by atoms with van der Waals surface area (Å²) in [5.74, 6) is -0.409. The van der Waals surface area contributed by atoms with Gasteiger partial charge < -0.3 is 5.32 Å². The molecule has 0 aliphatic carbocycles. The molecule has 0 atom stereocenters. The van der Waals surface area contributed by atoms with Gasteiger partial charge in [-0.15, -0.1) is 0 Å². The summed E-state index contributed by atoms with van der Waals surface area (Å²) in [6.07, 6.45) is 1.53. The Balaban J connectivity index is 2.28. The zero-order valence-corrected chi connectivity index (χ0v) is 13.0. The second-order valence-electron chi connectivity index (χ2n) is 3.45. The number of pyridine rings is 2. The van der Waals surface area contributed by atoms with Gasteiger partial charge in [-0.3, -0.25) is 4.79 Å². The number of nitrogens with zero attached hydrogens (tertiary/aromatic N) is 2. The molecule has 0 fully saturated rings. The molecule has 0 spiro atoms. The number of rotatable bonds is 2. The van der Waals surface area contributed by atoms with Crippen molar-refractivity contribution >= 4 is 62.3 Å². The number of aromatic nitrogens is 2. The van der Waals surface area contributed by atoms with Gasteiger partial charge in [-0.2, -0.15) is 0 Å². The zero-order valence-electron chi connectivity index (χ0n) is 9.12. The van der Waals surface area contributed by atoms with Crippen molar-refractivity contribution in [2.75, 3.05) is 5.32 Å². The fourth-order valence-electron chi connectivity index (χ4n) is 1.30. The van der Waals surface area contributed by atoms with E-state index in [-0.39, 0.29) is 21.0 Å². The van der Waals surface area contributed by atoms with Gasteiger partial charge in [0.1, 0.15) is 10.3 Å². The maximum Gasteiger partial charge on any atom is 0.255 e. The van der Waals surface area contributed by atoms with Crippen LogP contribution in [0.5, 0.6) is 0 Å². The highest BCUT2D eigenvalue weighted by Crippen LogP contribution is 2.24. The maximum atomic E-state index is 12.0. The van der Waals surface area contributed by atoms with E-state index in [0.29, 0.717) is 10.2 Å². The summed E-state index contributed by atoms with van der Waals surface area (Å²) < 4.78 is 0.693. The van der Waals surface area contributed by atoms with Crippen molar-refractivity contribution in [1.29, 1.82) is 0 Å². The number of carbonyl (C=O) groups excluding carboxylic acids is 1. The molecule has 1 N–H and O–H groups in total. The molecule has 0 saturated heterocycles. The topological polar surface area (TPSA) is 54.9 Å². The number of hydrogen-bond acceptors (Lipinski definition) is 3. The minimum absolute atomic E-state index is 0.135. The third kappa shape index (κ3) is 3.79. The van der Waals surface area contributed by atoms with Gasteiger partial charge in [-0.05, 0) is 34.1 Å². The second kappa shape index (κ2) is 6.05. The van der Waals surface area contributed by atoms with Crippen molar-refractivity contribution in [3.05, 3.63) is 49.9 Å². The molecule has 2 aromatic heterocycles. The normalized spacial score (nSPS) is 10.3. The lowest BCUT2D eigenvalue weighted by atomic mass is 10.2. The SMILES string of the molecule is O=C(Nc1cc(Br)cnc1Cl)c1cc(Cl)nc(Cl)c1. The Bertz CT molecular complexity index is 631. The molecular weight excluding hydrogens is 376 g/mol. The molecule has 8 heteroatoms. The van der Waals surface area contributed by atoms with Crippen LogP contribution in [0.15, 0.2) is 28.9 Å². The first-order valence-electron chi connectivity index (χ1n) is 4.91. The van der Waals surface area contributed by atoms with E-state index < -0.39 is 5.91 Å². The highest BCUT2D eigenvalue weighted by atomic mass is 79.9. The monoisotopic (exact) mass is 379 g/mol. The summed E-state index contributed by atoms with van der Waals surface area (Å²) in [4.78, 5) is 19.7. The van der Waals surface area contributed by atoms with Crippen LogP contribution < -0.4 is 5.32 Å². The van der Waals surface area contributed by atoms with Gasteiger partial charge in [0, 0.05) is 16.2 Å². The van der Waals surface area contributed by atoms with Crippen LogP contribution in [0.4, 0.5) is 5.69 Å². The van der Waals surface area contributed by atoms with E-state index in [0.717, 1.165) is 0 Å². The molecule has 1 amide bonds. The number of amides is 1. The van der Waals surface area contributed by atoms with Gasteiger partial charge in [0.25, 0.3) is 5.91 Å². The van der Waals surface area contributed by atoms with Crippen LogP contribution in [0.25, 0.3) is 0 Å². The molecule has 98 valence electrons. The third-order valence-electron chi connectivity index (χ3n) is 2.08. The van der Waals surface area contributed by atoms with Gasteiger partial charge in [0.15, 0.2) is 5.15 Å². The zero-order chi connectivity index (χ0) is 14.0. The molecule has 0 aliphatic heterocycles. The first-order chi connectivity index (χ1) is 8.95. The quantitative estimate of drug-likeness (QED) is 0.782. The second-order valence-corrected chi connectivity index (χ2v) is 5.50. The Morgan fingerprint density at radius 2 is 1.79 bits per heavy atom. The fraction of sp³-hybridized carbons (Fsp3) is 0. The minimum Gasteiger partial charge on any atom is -0.319 e. The summed E-state index contributed by atoms with van der Waals surface area (Å²) >= 11 is 20.6. The van der Waals surface area contributed by atoms with E-state index in [1.165, 1.54) is 18.3 Å². The predicted octanol–water partition coefficient (Wildman–Crippen LogP) is 4.45. The van der Waals surface area contributed by atoms with E-state index in [9.17, 15) is 4.79 Å². The Morgan fingerprint density at radius 1 is 1.16 bits per heavy atom. The molecule has 0 radical (unpaired) electrons. The van der Waals surface area contributed by atoms with Crippen molar-refractivity contribution in [2.45, 2.75) is 0 Å². The standard InChI is InChI=1S/C11H5BrCl3N3O/c12-6-3-7(10(15)16-4-6)17-11(19)5-1-8(13)18-9(14)2-5/h1-4H,(H,17,19). The Hall–Kier alpha value is -0.880. The number of halogens is 4. The van der Waals surface area contributed by atoms with Crippen molar-refractivity contribution in [2.24, 2.45) is 0 Å². The first kappa shape index (κ1) is 14.5. The highest BCUT2D eigenvalue weighted by molar-refractivity contribution is 9.10. The summed E-state index contributed by atoms with van der Waals surface area (Å²) in [7, 11) is 0. The van der Waals surface area contributed by atoms with Crippen LogP contribution in [-0.2, 0) is 0 Å². The van der Waals surface area contributed by atoms with E-state index in [2.05, 4.69) is 31.2 Å². The molecule has 2 rings (SSSR count). The van der Waals surface area contributed by atoms with Crippen LogP contribution in [0.1, 0.15) is 10.4 Å². The van der Waals surface area contributed by atoms with Crippen molar-refractivity contribution in [3.63, 3.8) is 0 Å². The Morgan fingerprint density at radius 3 is 2.42 bits per heavy atom. The molecule has 0 aliphatic rings. The van der Waals surface area contributed by atoms with Crippen molar-refractivity contribution < 1.29 is 4.79 Å². The van der Waals surface area contributed by atoms with Crippen LogP contribution in [-0.4, -0.2) is 15.9 Å². The average Bonchev–Trinajstić information content (AvgIpc) is 2.32. The van der Waals surface area contributed by atoms with Crippen LogP contribution >= 0.6 is 50.7 Å². The molecule has 0 aromatic carbocycles. The molecule has 2 heterocycles. The molecular formula is C11H5BrCl3N3O. The lowest BCUT2D eigenvalue weighted by molar-refractivity contribution is 0.102. The van der Waals surface area contributed by atoms with E-state index >= 15 is 0 Å². The van der Waals surface area contributed by atoms with Gasteiger partial charge in [0.05, 0.1) is 5.69 Å². The number of anilines is 1. The number of nitrogens with one attached hydrogen (secondary N) is 1. The fourth-order valence-corrected chi connectivity index (χ4v) is 2.24. The summed E-state index contributed by atoms with van der Waals surface area (Å²) in [6, 6.07) is 4.45. The van der Waals surface area contributed by atoms with Gasteiger partial charge in [-0.1, -0.05) is 34.8 Å². The number of carbonyl (C=O) groups is 1. The third-order valence-corrected chi connectivity index (χ3v) is 3.20. The van der Waals surface area contributed by atoms with Crippen molar-refractivity contribution in [1.82, 2.24) is 9.97 Å². The first-order valence-corrected chi connectivity index (χ1v) is 6.84. The van der Waals surface area contributed by atoms with Crippen LogP contribution in [0.3, 0.4) is 0 Å². The molecule has 0 bridgehead atoms. The minimum atomic E-state index is -0.409. The van der Waals surface area contributed by atoms with Gasteiger partial charge in [0.2, 0.25) is 0 Å². The molecule has 0 saturated carbocycles. The lowest BCUT2D eigenvalue weighted by Crippen LogP contribution is -2.12. The largest absolute Gasteiger partial charge is 0.319 e. The lowest BCUT2D eigenvalue weighted by Gasteiger charge is -2.07. The van der Waals surface area contributed by atoms with Crippen molar-refractivity contribution in [3.8, 4) is 0 Å². The Kier molecular flexibility index (Phi) is 4.62. The average molecular weight is 381 g/mol. The highest BCUT2D eigenvalue weighted by Gasteiger charge is 2.11. The molecule has 19 heavy (non-hydrogen) atoms. The van der Waals surface area contributed by atoms with E-state index in [4.69, 9.17) is 34.8 Å². The van der Waals surface area contributed by atoms with E-state index in [1.807, 2.05) is 0 Å². The predicted molar refractivity (Wildman–Crippen MR) is 79.2 cm³/mol. The van der Waals surface area contributed by atoms with Crippen LogP contribution in [0.2, 0.25) is 15.5 Å². The van der Waals surface area contributed by atoms with E-state index in [1.54, 1.807) is 6.07 Å². The summed E-state index contributed by atoms with van der Waals surface area (Å²) in [5.41, 5.74) is 0.658. The summed E-state index contributed by atoms with van der Waals surface area (Å²) in [5, 5.41) is 3.07. The molecule has 2 aromatic rings. The molecule has 4 nitrogen and oxygen atoms in total. The summed E-state index contributed by atoms with van der Waals surface area (Å²) in [6.45, 7) is 0. The Labute approximate surface area is 132 Å². The maximum absolute atomic E-state index is 12.0. The van der Waals surface area contributed by atoms with Gasteiger partial charge in [-0.25, -0.2) is 9.97 Å². The molecule has 0 unspecified atom stereocenters.